The summed E-state index contributed by atoms with van der Waals surface area (Å²) in [5, 5.41) is 11.9. The van der Waals surface area contributed by atoms with Crippen LogP contribution in [0.3, 0.4) is 0 Å². The Bertz CT molecular complexity index is 1070. The summed E-state index contributed by atoms with van der Waals surface area (Å²) in [6.07, 6.45) is 3.36. The lowest BCUT2D eigenvalue weighted by atomic mass is 9.83. The molecule has 0 bridgehead atoms. The lowest BCUT2D eigenvalue weighted by Gasteiger charge is -2.26. The van der Waals surface area contributed by atoms with Crippen molar-refractivity contribution in [2.45, 2.75) is 26.2 Å². The number of imide groups is 1. The number of nitriles is 1. The van der Waals surface area contributed by atoms with Crippen LogP contribution in [0.2, 0.25) is 0 Å². The molecular formula is C22H22N4O3. The summed E-state index contributed by atoms with van der Waals surface area (Å²) in [5.74, 6) is -1.79. The SMILES string of the molecule is CC(=O)NC1=C(C#N)C(=O)N(C)C(=O)C1=CC=C1N(C)c2ccccc2C1(C)C. The molecule has 2 aliphatic heterocycles. The third kappa shape index (κ3) is 3.13. The molecule has 0 atom stereocenters. The third-order valence-corrected chi connectivity index (χ3v) is 5.33. The molecule has 0 aliphatic carbocycles. The molecule has 1 N–H and O–H groups in total. The number of nitrogens with one attached hydrogen (secondary N) is 1. The van der Waals surface area contributed by atoms with Gasteiger partial charge in [-0.2, -0.15) is 5.26 Å². The van der Waals surface area contributed by atoms with E-state index in [0.717, 1.165) is 21.8 Å². The van der Waals surface area contributed by atoms with E-state index in [9.17, 15) is 19.6 Å². The topological polar surface area (TPSA) is 93.5 Å². The molecule has 0 radical (unpaired) electrons. The molecular weight excluding hydrogens is 368 g/mol. The van der Waals surface area contributed by atoms with Gasteiger partial charge >= 0.3 is 0 Å². The van der Waals surface area contributed by atoms with E-state index in [1.54, 1.807) is 18.2 Å². The molecule has 0 fully saturated rings. The highest BCUT2D eigenvalue weighted by Gasteiger charge is 2.39. The Hall–Kier alpha value is -3.66. The van der Waals surface area contributed by atoms with E-state index in [2.05, 4.69) is 25.2 Å². The number of hydrogen-bond donors (Lipinski definition) is 1. The van der Waals surface area contributed by atoms with Gasteiger partial charge in [-0.1, -0.05) is 32.0 Å². The van der Waals surface area contributed by atoms with Crippen molar-refractivity contribution in [1.82, 2.24) is 10.2 Å². The fourth-order valence-electron chi connectivity index (χ4n) is 3.82. The highest BCUT2D eigenvalue weighted by atomic mass is 16.2. The smallest absolute Gasteiger partial charge is 0.273 e. The quantitative estimate of drug-likeness (QED) is 0.617. The van der Waals surface area contributed by atoms with Gasteiger partial charge in [0.25, 0.3) is 11.8 Å². The van der Waals surface area contributed by atoms with Crippen LogP contribution in [0, 0.1) is 11.3 Å². The van der Waals surface area contributed by atoms with Crippen molar-refractivity contribution in [2.75, 3.05) is 19.0 Å². The van der Waals surface area contributed by atoms with Gasteiger partial charge in [0.1, 0.15) is 11.6 Å². The number of carbonyl (C=O) groups is 3. The van der Waals surface area contributed by atoms with E-state index in [4.69, 9.17) is 0 Å². The minimum atomic E-state index is -0.739. The van der Waals surface area contributed by atoms with Gasteiger partial charge in [0.05, 0.1) is 11.3 Å². The number of hydrogen-bond acceptors (Lipinski definition) is 5. The number of benzene rings is 1. The molecule has 29 heavy (non-hydrogen) atoms. The number of likely N-dealkylation sites (N-methyl/N-ethyl adjacent to an activating group) is 2. The number of anilines is 1. The average molecular weight is 390 g/mol. The molecule has 0 saturated carbocycles. The first-order chi connectivity index (χ1) is 13.6. The van der Waals surface area contributed by atoms with Gasteiger partial charge in [0.2, 0.25) is 5.91 Å². The lowest BCUT2D eigenvalue weighted by molar-refractivity contribution is -0.138. The summed E-state index contributed by atoms with van der Waals surface area (Å²) >= 11 is 0. The minimum Gasteiger partial charge on any atom is -0.347 e. The van der Waals surface area contributed by atoms with Gasteiger partial charge in [-0.05, 0) is 23.8 Å². The molecule has 1 aromatic carbocycles. The van der Waals surface area contributed by atoms with Gasteiger partial charge in [0, 0.05) is 37.8 Å². The van der Waals surface area contributed by atoms with Crippen molar-refractivity contribution in [3.8, 4) is 6.07 Å². The first kappa shape index (κ1) is 20.1. The normalized spacial score (nSPS) is 21.0. The Morgan fingerprint density at radius 2 is 1.76 bits per heavy atom. The van der Waals surface area contributed by atoms with Crippen LogP contribution in [-0.2, 0) is 19.8 Å². The lowest BCUT2D eigenvalue weighted by Crippen LogP contribution is -2.43. The molecule has 1 aromatic rings. The maximum atomic E-state index is 12.8. The van der Waals surface area contributed by atoms with E-state index in [1.807, 2.05) is 30.1 Å². The number of nitrogens with zero attached hydrogens (tertiary/aromatic N) is 3. The van der Waals surface area contributed by atoms with Crippen LogP contribution >= 0.6 is 0 Å². The second kappa shape index (κ2) is 7.06. The van der Waals surface area contributed by atoms with Crippen LogP contribution in [0.4, 0.5) is 5.69 Å². The van der Waals surface area contributed by atoms with Crippen LogP contribution in [0.25, 0.3) is 0 Å². The summed E-state index contributed by atoms with van der Waals surface area (Å²) in [7, 11) is 3.26. The van der Waals surface area contributed by atoms with Gasteiger partial charge in [-0.15, -0.1) is 0 Å². The van der Waals surface area contributed by atoms with E-state index in [-0.39, 0.29) is 22.3 Å². The van der Waals surface area contributed by atoms with Crippen molar-refractivity contribution >= 4 is 23.4 Å². The highest BCUT2D eigenvalue weighted by Crippen LogP contribution is 2.46. The van der Waals surface area contributed by atoms with E-state index in [0.29, 0.717) is 0 Å². The maximum Gasteiger partial charge on any atom is 0.273 e. The first-order valence-electron chi connectivity index (χ1n) is 9.11. The molecule has 3 amide bonds. The monoisotopic (exact) mass is 390 g/mol. The Balaban J connectivity index is 2.17. The van der Waals surface area contributed by atoms with Crippen LogP contribution in [0.5, 0.6) is 0 Å². The standard InChI is InChI=1S/C22H22N4O3/c1-13(27)24-19-14(20(28)26(5)21(29)15(19)12-23)10-11-18-22(2,3)16-8-6-7-9-17(16)25(18)4/h6-11H,1-5H3,(H,24,27). The van der Waals surface area contributed by atoms with Gasteiger partial charge < -0.3 is 10.2 Å². The second-order valence-corrected chi connectivity index (χ2v) is 7.55. The number of amides is 3. The molecule has 0 spiro atoms. The predicted octanol–water partition coefficient (Wildman–Crippen LogP) is 2.14. The molecule has 7 nitrogen and oxygen atoms in total. The molecule has 148 valence electrons. The van der Waals surface area contributed by atoms with Crippen molar-refractivity contribution in [3.05, 3.63) is 64.5 Å². The molecule has 2 aliphatic rings. The molecule has 0 unspecified atom stereocenters. The van der Waals surface area contributed by atoms with Gasteiger partial charge in [-0.25, -0.2) is 0 Å². The fraction of sp³-hybridized carbons (Fsp3) is 0.273. The Labute approximate surface area is 169 Å². The van der Waals surface area contributed by atoms with Crippen molar-refractivity contribution < 1.29 is 14.4 Å². The summed E-state index contributed by atoms with van der Waals surface area (Å²) in [6.45, 7) is 5.43. The number of para-hydroxylation sites is 1. The van der Waals surface area contributed by atoms with Crippen molar-refractivity contribution in [3.63, 3.8) is 0 Å². The summed E-state index contributed by atoms with van der Waals surface area (Å²) in [6, 6.07) is 9.85. The summed E-state index contributed by atoms with van der Waals surface area (Å²) < 4.78 is 0. The molecule has 2 heterocycles. The summed E-state index contributed by atoms with van der Waals surface area (Å²) in [4.78, 5) is 39.6. The van der Waals surface area contributed by atoms with E-state index < -0.39 is 17.7 Å². The Kier molecular flexibility index (Phi) is 4.89. The molecule has 3 rings (SSSR count). The van der Waals surface area contributed by atoms with E-state index in [1.165, 1.54) is 14.0 Å². The Morgan fingerprint density at radius 1 is 1.10 bits per heavy atom. The zero-order chi connectivity index (χ0) is 21.5. The highest BCUT2D eigenvalue weighted by molar-refractivity contribution is 6.18. The van der Waals surface area contributed by atoms with Crippen molar-refractivity contribution in [1.29, 1.82) is 5.26 Å². The zero-order valence-corrected chi connectivity index (χ0v) is 17.0. The van der Waals surface area contributed by atoms with Crippen LogP contribution in [0.15, 0.2) is 59.0 Å². The third-order valence-electron chi connectivity index (χ3n) is 5.33. The molecule has 0 aromatic heterocycles. The van der Waals surface area contributed by atoms with Crippen molar-refractivity contribution in [2.24, 2.45) is 0 Å². The molecule has 7 heteroatoms. The minimum absolute atomic E-state index is 0.0547. The van der Waals surface area contributed by atoms with Crippen LogP contribution < -0.4 is 10.2 Å². The number of carbonyl (C=O) groups excluding carboxylic acids is 3. The van der Waals surface area contributed by atoms with E-state index >= 15 is 0 Å². The zero-order valence-electron chi connectivity index (χ0n) is 17.0. The van der Waals surface area contributed by atoms with Gasteiger partial charge in [0.15, 0.2) is 0 Å². The number of rotatable bonds is 2. The number of allylic oxidation sites excluding steroid dienone is 3. The largest absolute Gasteiger partial charge is 0.347 e. The molecule has 0 saturated heterocycles. The van der Waals surface area contributed by atoms with Gasteiger partial charge in [-0.3, -0.25) is 19.3 Å². The number of fused-ring (bicyclic) bond motifs is 1. The fourth-order valence-corrected chi connectivity index (χ4v) is 3.82. The van der Waals surface area contributed by atoms with Crippen LogP contribution in [0.1, 0.15) is 26.3 Å². The van der Waals surface area contributed by atoms with Crippen LogP contribution in [-0.4, -0.2) is 36.7 Å². The first-order valence-corrected chi connectivity index (χ1v) is 9.11. The maximum absolute atomic E-state index is 12.8. The Morgan fingerprint density at radius 3 is 2.34 bits per heavy atom. The predicted molar refractivity (Wildman–Crippen MR) is 108 cm³/mol. The average Bonchev–Trinajstić information content (AvgIpc) is 2.86. The second-order valence-electron chi connectivity index (χ2n) is 7.55. The summed E-state index contributed by atoms with van der Waals surface area (Å²) in [5.41, 5.74) is 2.63.